The molecule has 0 saturated carbocycles. The molecule has 174 valence electrons. The number of thioether (sulfide) groups is 1. The molecule has 0 bridgehead atoms. The first-order valence-electron chi connectivity index (χ1n) is 11.0. The summed E-state index contributed by atoms with van der Waals surface area (Å²) in [6.45, 7) is 0.0661. The Morgan fingerprint density at radius 3 is 2.29 bits per heavy atom. The lowest BCUT2D eigenvalue weighted by atomic mass is 10.0. The summed E-state index contributed by atoms with van der Waals surface area (Å²) in [6.07, 6.45) is -0.768. The maximum absolute atomic E-state index is 11.4. The average Bonchev–Trinajstić information content (AvgIpc) is 2.91. The smallest absolute Gasteiger partial charge is 0.336 e. The van der Waals surface area contributed by atoms with Gasteiger partial charge in [0.2, 0.25) is 5.16 Å². The maximum Gasteiger partial charge on any atom is 0.336 e. The number of benzene rings is 3. The first kappa shape index (κ1) is 22.8. The van der Waals surface area contributed by atoms with Crippen LogP contribution in [-0.2, 0) is 0 Å². The van der Waals surface area contributed by atoms with Crippen molar-refractivity contribution in [2.45, 2.75) is 11.3 Å². The molecule has 7 nitrogen and oxygen atoms in total. The van der Waals surface area contributed by atoms with Gasteiger partial charge in [0.05, 0.1) is 6.10 Å². The summed E-state index contributed by atoms with van der Waals surface area (Å²) in [5, 5.41) is 20.5. The van der Waals surface area contributed by atoms with Gasteiger partial charge in [-0.3, -0.25) is 0 Å². The molecule has 5 rings (SSSR count). The molecule has 0 fully saturated rings. The van der Waals surface area contributed by atoms with Crippen LogP contribution in [0.3, 0.4) is 0 Å². The zero-order chi connectivity index (χ0) is 24.0. The topological polar surface area (TPSA) is 98.3 Å². The van der Waals surface area contributed by atoms with Crippen LogP contribution < -0.4 is 10.4 Å². The molecule has 0 radical (unpaired) electrons. The van der Waals surface area contributed by atoms with Crippen molar-refractivity contribution < 1.29 is 14.3 Å². The standard InChI is InChI=1S/C27H21N3O4S/c31-21(16-33-22-13-11-18-12-14-24(32)34-23(18)15-22)17-35-27-28-25(19-7-3-1-4-8-19)26(29-30-27)20-9-5-2-6-10-20/h1-15,21,31H,16-17H2. The molecule has 3 aromatic carbocycles. The molecule has 2 heterocycles. The number of rotatable bonds is 8. The predicted octanol–water partition coefficient (Wildman–Crippen LogP) is 4.84. The Morgan fingerprint density at radius 1 is 0.857 bits per heavy atom. The molecular weight excluding hydrogens is 462 g/mol. The highest BCUT2D eigenvalue weighted by Crippen LogP contribution is 2.29. The van der Waals surface area contributed by atoms with E-state index >= 15 is 0 Å². The van der Waals surface area contributed by atoms with Crippen molar-refractivity contribution in [3.8, 4) is 28.3 Å². The molecule has 0 spiro atoms. The Hall–Kier alpha value is -4.01. The number of hydrogen-bond acceptors (Lipinski definition) is 8. The average molecular weight is 484 g/mol. The van der Waals surface area contributed by atoms with Crippen molar-refractivity contribution in [2.75, 3.05) is 12.4 Å². The Morgan fingerprint density at radius 2 is 1.54 bits per heavy atom. The minimum Gasteiger partial charge on any atom is -0.491 e. The monoisotopic (exact) mass is 483 g/mol. The van der Waals surface area contributed by atoms with Gasteiger partial charge in [0.25, 0.3) is 0 Å². The van der Waals surface area contributed by atoms with Crippen molar-refractivity contribution in [3.05, 3.63) is 101 Å². The first-order chi connectivity index (χ1) is 17.2. The van der Waals surface area contributed by atoms with E-state index in [0.29, 0.717) is 27.9 Å². The van der Waals surface area contributed by atoms with E-state index < -0.39 is 11.7 Å². The lowest BCUT2D eigenvalue weighted by molar-refractivity contribution is 0.126. The molecule has 0 aliphatic rings. The number of hydrogen-bond donors (Lipinski definition) is 1. The van der Waals surface area contributed by atoms with E-state index in [1.54, 1.807) is 24.3 Å². The Bertz CT molecular complexity index is 1490. The van der Waals surface area contributed by atoms with Crippen LogP contribution in [0, 0.1) is 0 Å². The Labute approximate surface area is 205 Å². The van der Waals surface area contributed by atoms with Crippen molar-refractivity contribution >= 4 is 22.7 Å². The van der Waals surface area contributed by atoms with Crippen LogP contribution in [0.4, 0.5) is 0 Å². The van der Waals surface area contributed by atoms with E-state index in [-0.39, 0.29) is 6.61 Å². The van der Waals surface area contributed by atoms with Crippen LogP contribution in [0.1, 0.15) is 0 Å². The second kappa shape index (κ2) is 10.5. The summed E-state index contributed by atoms with van der Waals surface area (Å²) in [4.78, 5) is 16.2. The van der Waals surface area contributed by atoms with Gasteiger partial charge < -0.3 is 14.3 Å². The molecule has 1 N–H and O–H groups in total. The van der Waals surface area contributed by atoms with Crippen LogP contribution in [0.15, 0.2) is 105 Å². The highest BCUT2D eigenvalue weighted by Gasteiger charge is 2.15. The van der Waals surface area contributed by atoms with Crippen LogP contribution in [0.2, 0.25) is 0 Å². The van der Waals surface area contributed by atoms with Gasteiger partial charge in [-0.2, -0.15) is 0 Å². The largest absolute Gasteiger partial charge is 0.491 e. The lowest BCUT2D eigenvalue weighted by Gasteiger charge is -2.13. The summed E-state index contributed by atoms with van der Waals surface area (Å²) < 4.78 is 10.9. The fourth-order valence-corrected chi connectivity index (χ4v) is 4.19. The highest BCUT2D eigenvalue weighted by molar-refractivity contribution is 7.99. The molecule has 0 amide bonds. The second-order valence-electron chi connectivity index (χ2n) is 7.75. The number of fused-ring (bicyclic) bond motifs is 1. The zero-order valence-electron chi connectivity index (χ0n) is 18.6. The summed E-state index contributed by atoms with van der Waals surface area (Å²) in [5.41, 5.74) is 3.32. The van der Waals surface area contributed by atoms with E-state index in [1.807, 2.05) is 60.7 Å². The van der Waals surface area contributed by atoms with Gasteiger partial charge in [0, 0.05) is 34.4 Å². The molecule has 1 atom stereocenters. The molecule has 1 unspecified atom stereocenters. The molecule has 2 aromatic heterocycles. The third-order valence-corrected chi connectivity index (χ3v) is 6.19. The predicted molar refractivity (Wildman–Crippen MR) is 135 cm³/mol. The molecule has 0 saturated heterocycles. The van der Waals surface area contributed by atoms with E-state index in [4.69, 9.17) is 14.1 Å². The van der Waals surface area contributed by atoms with Crippen LogP contribution in [-0.4, -0.2) is 38.8 Å². The van der Waals surface area contributed by atoms with Crippen LogP contribution >= 0.6 is 11.8 Å². The van der Waals surface area contributed by atoms with Crippen molar-refractivity contribution in [3.63, 3.8) is 0 Å². The Kier molecular flexibility index (Phi) is 6.83. The molecule has 35 heavy (non-hydrogen) atoms. The van der Waals surface area contributed by atoms with Crippen molar-refractivity contribution in [2.24, 2.45) is 0 Å². The van der Waals surface area contributed by atoms with Gasteiger partial charge in [-0.05, 0) is 18.2 Å². The summed E-state index contributed by atoms with van der Waals surface area (Å²) in [6, 6.07) is 27.9. The third kappa shape index (κ3) is 5.56. The van der Waals surface area contributed by atoms with Gasteiger partial charge in [0.15, 0.2) is 0 Å². The number of ether oxygens (including phenoxy) is 1. The normalized spacial score (nSPS) is 11.9. The van der Waals surface area contributed by atoms with Crippen molar-refractivity contribution in [1.82, 2.24) is 15.2 Å². The summed E-state index contributed by atoms with van der Waals surface area (Å²) >= 11 is 1.31. The van der Waals surface area contributed by atoms with E-state index in [1.165, 1.54) is 17.8 Å². The van der Waals surface area contributed by atoms with E-state index in [2.05, 4.69) is 10.2 Å². The third-order valence-electron chi connectivity index (χ3n) is 5.20. The second-order valence-corrected chi connectivity index (χ2v) is 8.74. The molecule has 0 aliphatic heterocycles. The fraction of sp³-hybridized carbons (Fsp3) is 0.111. The lowest BCUT2D eigenvalue weighted by Crippen LogP contribution is -2.20. The van der Waals surface area contributed by atoms with Gasteiger partial charge in [-0.15, -0.1) is 10.2 Å². The number of aromatic nitrogens is 3. The number of nitrogens with zero attached hydrogens (tertiary/aromatic N) is 3. The maximum atomic E-state index is 11.4. The zero-order valence-corrected chi connectivity index (χ0v) is 19.4. The van der Waals surface area contributed by atoms with Gasteiger partial charge in [0.1, 0.15) is 29.3 Å². The Balaban J connectivity index is 1.27. The fourth-order valence-electron chi connectivity index (χ4n) is 3.50. The van der Waals surface area contributed by atoms with Gasteiger partial charge in [-0.1, -0.05) is 72.4 Å². The van der Waals surface area contributed by atoms with E-state index in [0.717, 1.165) is 22.2 Å². The minimum atomic E-state index is -0.768. The quantitative estimate of drug-likeness (QED) is 0.247. The van der Waals surface area contributed by atoms with Gasteiger partial charge in [-0.25, -0.2) is 9.78 Å². The summed E-state index contributed by atoms with van der Waals surface area (Å²) in [7, 11) is 0. The highest BCUT2D eigenvalue weighted by atomic mass is 32.2. The molecule has 8 heteroatoms. The van der Waals surface area contributed by atoms with Crippen molar-refractivity contribution in [1.29, 1.82) is 0 Å². The number of aliphatic hydroxyl groups excluding tert-OH is 1. The van der Waals surface area contributed by atoms with Gasteiger partial charge >= 0.3 is 5.63 Å². The van der Waals surface area contributed by atoms with E-state index in [9.17, 15) is 9.90 Å². The number of aliphatic hydroxyl groups is 1. The minimum absolute atomic E-state index is 0.0661. The molecule has 5 aromatic rings. The molecular formula is C27H21N3O4S. The first-order valence-corrected chi connectivity index (χ1v) is 12.0. The SMILES string of the molecule is O=c1ccc2ccc(OCC(O)CSc3nnc(-c4ccccc4)c(-c4ccccc4)n3)cc2o1. The molecule has 0 aliphatic carbocycles. The summed E-state index contributed by atoms with van der Waals surface area (Å²) in [5.74, 6) is 0.830. The van der Waals surface area contributed by atoms with Crippen LogP contribution in [0.5, 0.6) is 5.75 Å². The van der Waals surface area contributed by atoms with Crippen LogP contribution in [0.25, 0.3) is 33.5 Å².